The van der Waals surface area contributed by atoms with Crippen molar-refractivity contribution in [1.29, 1.82) is 0 Å². The molecule has 0 bridgehead atoms. The second-order valence-corrected chi connectivity index (χ2v) is 9.55. The molecule has 0 fully saturated rings. The average Bonchev–Trinajstić information content (AvgIpc) is 2.71. The van der Waals surface area contributed by atoms with E-state index in [1.165, 1.54) is 9.87 Å². The van der Waals surface area contributed by atoms with Crippen LogP contribution < -0.4 is 9.62 Å². The fourth-order valence-electron chi connectivity index (χ4n) is 3.58. The summed E-state index contributed by atoms with van der Waals surface area (Å²) in [6.07, 6.45) is 1.84. The summed E-state index contributed by atoms with van der Waals surface area (Å²) in [7, 11) is -3.65. The average molecular weight is 425 g/mol. The van der Waals surface area contributed by atoms with Gasteiger partial charge in [0.05, 0.1) is 18.0 Å². The molecule has 1 amide bonds. The lowest BCUT2D eigenvalue weighted by Crippen LogP contribution is -2.41. The molecule has 0 unspecified atom stereocenters. The van der Waals surface area contributed by atoms with E-state index in [9.17, 15) is 13.2 Å². The van der Waals surface area contributed by atoms with Crippen LogP contribution in [0, 0.1) is 13.8 Å². The van der Waals surface area contributed by atoms with E-state index in [0.29, 0.717) is 12.1 Å². The summed E-state index contributed by atoms with van der Waals surface area (Å²) in [4.78, 5) is 12.9. The molecule has 0 aliphatic carbocycles. The topological polar surface area (TPSA) is 66.5 Å². The monoisotopic (exact) mass is 424 g/mol. The zero-order chi connectivity index (χ0) is 21.9. The molecule has 5 nitrogen and oxygen atoms in total. The molecule has 0 saturated carbocycles. The van der Waals surface area contributed by atoms with E-state index < -0.39 is 10.0 Å². The van der Waals surface area contributed by atoms with Crippen LogP contribution in [0.4, 0.5) is 5.69 Å². The van der Waals surface area contributed by atoms with Gasteiger partial charge in [0.25, 0.3) is 0 Å². The van der Waals surface area contributed by atoms with Gasteiger partial charge in [-0.1, -0.05) is 61.5 Å². The van der Waals surface area contributed by atoms with Crippen molar-refractivity contribution in [2.45, 2.75) is 33.2 Å². The smallest absolute Gasteiger partial charge is 0.241 e. The first-order valence-corrected chi connectivity index (χ1v) is 11.9. The molecule has 0 aromatic heterocycles. The lowest BCUT2D eigenvalue weighted by molar-refractivity contribution is -0.120. The number of carbonyl (C=O) groups is 1. The molecule has 1 N–H and O–H groups in total. The number of rotatable bonds is 7. The lowest BCUT2D eigenvalue weighted by atomic mass is 9.99. The number of nitrogens with one attached hydrogen (secondary N) is 1. The van der Waals surface area contributed by atoms with E-state index in [4.69, 9.17) is 0 Å². The van der Waals surface area contributed by atoms with Crippen molar-refractivity contribution >= 4 is 32.4 Å². The lowest BCUT2D eigenvalue weighted by Gasteiger charge is -2.25. The third kappa shape index (κ3) is 4.82. The van der Waals surface area contributed by atoms with Gasteiger partial charge in [0, 0.05) is 5.39 Å². The third-order valence-corrected chi connectivity index (χ3v) is 6.53. The number of anilines is 1. The molecule has 3 aromatic rings. The van der Waals surface area contributed by atoms with E-state index in [1.54, 1.807) is 12.1 Å². The number of aryl methyl sites for hydroxylation is 2. The number of carbonyl (C=O) groups excluding carboxylic acids is 1. The minimum Gasteiger partial charge on any atom is -0.348 e. The van der Waals surface area contributed by atoms with Crippen molar-refractivity contribution in [3.63, 3.8) is 0 Å². The Morgan fingerprint density at radius 3 is 2.37 bits per heavy atom. The highest BCUT2D eigenvalue weighted by molar-refractivity contribution is 7.92. The first-order chi connectivity index (χ1) is 14.2. The van der Waals surface area contributed by atoms with E-state index in [0.717, 1.165) is 28.2 Å². The Hall–Kier alpha value is -2.86. The van der Waals surface area contributed by atoms with Crippen LogP contribution in [0.25, 0.3) is 10.8 Å². The van der Waals surface area contributed by atoms with Gasteiger partial charge in [-0.25, -0.2) is 8.42 Å². The van der Waals surface area contributed by atoms with Crippen LogP contribution in [0.15, 0.2) is 60.7 Å². The van der Waals surface area contributed by atoms with Gasteiger partial charge in [-0.15, -0.1) is 0 Å². The van der Waals surface area contributed by atoms with Gasteiger partial charge >= 0.3 is 0 Å². The normalized spacial score (nSPS) is 12.5. The van der Waals surface area contributed by atoms with Gasteiger partial charge in [-0.2, -0.15) is 0 Å². The van der Waals surface area contributed by atoms with Crippen molar-refractivity contribution in [2.24, 2.45) is 0 Å². The summed E-state index contributed by atoms with van der Waals surface area (Å²) >= 11 is 0. The summed E-state index contributed by atoms with van der Waals surface area (Å²) in [6.45, 7) is 5.82. The highest BCUT2D eigenvalue weighted by Crippen LogP contribution is 2.28. The number of nitrogens with zero attached hydrogens (tertiary/aromatic N) is 1. The molecule has 3 rings (SSSR count). The number of hydrogen-bond acceptors (Lipinski definition) is 3. The molecular formula is C24H28N2O3S. The van der Waals surface area contributed by atoms with Crippen LogP contribution in [-0.2, 0) is 14.8 Å². The molecule has 0 radical (unpaired) electrons. The van der Waals surface area contributed by atoms with Crippen LogP contribution in [-0.4, -0.2) is 27.1 Å². The molecule has 3 aromatic carbocycles. The first-order valence-electron chi connectivity index (χ1n) is 10.0. The Morgan fingerprint density at radius 2 is 1.70 bits per heavy atom. The van der Waals surface area contributed by atoms with Gasteiger partial charge in [0.2, 0.25) is 15.9 Å². The van der Waals surface area contributed by atoms with Crippen LogP contribution in [0.2, 0.25) is 0 Å². The summed E-state index contributed by atoms with van der Waals surface area (Å²) in [5.74, 6) is -0.335. The van der Waals surface area contributed by atoms with Crippen LogP contribution in [0.5, 0.6) is 0 Å². The van der Waals surface area contributed by atoms with Crippen molar-refractivity contribution in [3.05, 3.63) is 77.4 Å². The molecule has 0 aliphatic heterocycles. The van der Waals surface area contributed by atoms with Crippen LogP contribution >= 0.6 is 0 Å². The highest BCUT2D eigenvalue weighted by atomic mass is 32.2. The predicted octanol–water partition coefficient (Wildman–Crippen LogP) is 4.49. The standard InChI is InChI=1S/C24H28N2O3S/c1-5-22(20-14-13-17(2)18(3)15-20)25-24(27)16-26(30(4,28)29)23-12-8-10-19-9-6-7-11-21(19)23/h6-15,22H,5,16H2,1-4H3,(H,25,27)/t22-/m0/s1. The molecular weight excluding hydrogens is 396 g/mol. The van der Waals surface area contributed by atoms with Crippen molar-refractivity contribution in [2.75, 3.05) is 17.1 Å². The van der Waals surface area contributed by atoms with Gasteiger partial charge in [-0.05, 0) is 48.4 Å². The molecule has 30 heavy (non-hydrogen) atoms. The van der Waals surface area contributed by atoms with Crippen LogP contribution in [0.3, 0.4) is 0 Å². The molecule has 0 heterocycles. The van der Waals surface area contributed by atoms with E-state index in [1.807, 2.05) is 63.2 Å². The molecule has 1 atom stereocenters. The summed E-state index contributed by atoms with van der Waals surface area (Å²) in [5, 5.41) is 4.72. The van der Waals surface area contributed by atoms with Gasteiger partial charge in [0.15, 0.2) is 0 Å². The Labute approximate surface area is 178 Å². The quantitative estimate of drug-likeness (QED) is 0.608. The number of sulfonamides is 1. The molecule has 158 valence electrons. The predicted molar refractivity (Wildman–Crippen MR) is 123 cm³/mol. The zero-order valence-corrected chi connectivity index (χ0v) is 18.7. The van der Waals surface area contributed by atoms with Gasteiger partial charge in [0.1, 0.15) is 6.54 Å². The number of benzene rings is 3. The Morgan fingerprint density at radius 1 is 1.00 bits per heavy atom. The maximum absolute atomic E-state index is 12.9. The second kappa shape index (κ2) is 8.88. The summed E-state index contributed by atoms with van der Waals surface area (Å²) in [6, 6.07) is 19.0. The maximum Gasteiger partial charge on any atom is 0.241 e. The van der Waals surface area contributed by atoms with E-state index in [-0.39, 0.29) is 18.5 Å². The fourth-order valence-corrected chi connectivity index (χ4v) is 4.45. The van der Waals surface area contributed by atoms with E-state index >= 15 is 0 Å². The minimum atomic E-state index is -3.65. The second-order valence-electron chi connectivity index (χ2n) is 7.64. The minimum absolute atomic E-state index is 0.175. The zero-order valence-electron chi connectivity index (χ0n) is 17.8. The largest absolute Gasteiger partial charge is 0.348 e. The molecule has 6 heteroatoms. The van der Waals surface area contributed by atoms with Gasteiger partial charge in [-0.3, -0.25) is 9.10 Å². The summed E-state index contributed by atoms with van der Waals surface area (Å²) < 4.78 is 26.3. The van der Waals surface area contributed by atoms with Gasteiger partial charge < -0.3 is 5.32 Å². The number of amides is 1. The van der Waals surface area contributed by atoms with Crippen LogP contribution in [0.1, 0.15) is 36.1 Å². The Balaban J connectivity index is 1.88. The SMILES string of the molecule is CC[C@H](NC(=O)CN(c1cccc2ccccc12)S(C)(=O)=O)c1ccc(C)c(C)c1. The summed E-state index contributed by atoms with van der Waals surface area (Å²) in [5.41, 5.74) is 3.88. The van der Waals surface area contributed by atoms with Crippen molar-refractivity contribution in [1.82, 2.24) is 5.32 Å². The number of hydrogen-bond donors (Lipinski definition) is 1. The maximum atomic E-state index is 12.9. The van der Waals surface area contributed by atoms with Crippen molar-refractivity contribution in [3.8, 4) is 0 Å². The molecule has 0 spiro atoms. The Bertz CT molecular complexity index is 1170. The molecule has 0 saturated heterocycles. The van der Waals surface area contributed by atoms with Crippen molar-refractivity contribution < 1.29 is 13.2 Å². The van der Waals surface area contributed by atoms with E-state index in [2.05, 4.69) is 11.4 Å². The highest BCUT2D eigenvalue weighted by Gasteiger charge is 2.24. The first kappa shape index (κ1) is 21.8. The fraction of sp³-hybridized carbons (Fsp3) is 0.292. The third-order valence-electron chi connectivity index (χ3n) is 5.40. The molecule has 0 aliphatic rings. The number of fused-ring (bicyclic) bond motifs is 1. The Kier molecular flexibility index (Phi) is 6.46.